The van der Waals surface area contributed by atoms with E-state index in [0.717, 1.165) is 79.7 Å². The summed E-state index contributed by atoms with van der Waals surface area (Å²) in [7, 11) is -45.1. The number of imidazole rings is 6. The molecule has 58 nitrogen and oxygen atoms in total. The van der Waals surface area contributed by atoms with Gasteiger partial charge in [-0.15, -0.1) is 11.6 Å². The summed E-state index contributed by atoms with van der Waals surface area (Å²) in [4.78, 5) is 234. The molecule has 74 heteroatoms. The van der Waals surface area contributed by atoms with Crippen molar-refractivity contribution in [3.8, 4) is 0 Å². The molecule has 0 aromatic carbocycles. The number of alkyl halides is 1. The van der Waals surface area contributed by atoms with E-state index in [2.05, 4.69) is 43.1 Å². The topological polar surface area (TPSA) is 950 Å². The molecular weight excluding hydrogens is 1980 g/mol. The molecule has 0 aliphatic carbocycles. The summed E-state index contributed by atoms with van der Waals surface area (Å²) < 4.78 is 124. The zero-order valence-electron chi connectivity index (χ0n) is 63.2. The van der Waals surface area contributed by atoms with Gasteiger partial charge in [0.1, 0.15) is 101 Å². The van der Waals surface area contributed by atoms with Crippen LogP contribution >= 0.6 is 80.6 Å². The number of aliphatic hydroxyl groups is 5. The van der Waals surface area contributed by atoms with Crippen LogP contribution in [0.15, 0.2) is 112 Å². The van der Waals surface area contributed by atoms with Gasteiger partial charge >= 0.3 is 114 Å². The number of carbonyl (C=O) groups is 6. The van der Waals surface area contributed by atoms with Crippen LogP contribution in [0.3, 0.4) is 0 Å². The Morgan fingerprint density at radius 1 is 0.504 bits per heavy atom. The summed E-state index contributed by atoms with van der Waals surface area (Å²) in [6, 6.07) is 0. The van der Waals surface area contributed by atoms with Crippen molar-refractivity contribution in [1.82, 2.24) is 32.1 Å². The minimum atomic E-state index is -6.20. The van der Waals surface area contributed by atoms with Crippen molar-refractivity contribution in [2.45, 2.75) is 118 Å². The molecule has 0 fully saturated rings. The number of aromatic nitrogens is 12. The van der Waals surface area contributed by atoms with Crippen LogP contribution in [0.5, 0.6) is 0 Å². The predicted molar refractivity (Wildman–Crippen MR) is 366 cm³/mol. The molecule has 121 heavy (non-hydrogen) atoms. The minimum Gasteiger partial charge on any atom is -1.00 e. The number of ether oxygens (including phenoxy) is 3. The first-order valence-electron chi connectivity index (χ1n) is 29.6. The van der Waals surface area contributed by atoms with Crippen LogP contribution in [-0.2, 0) is 150 Å². The van der Waals surface area contributed by atoms with Crippen molar-refractivity contribution in [2.24, 2.45) is 0 Å². The Kier molecular flexibility index (Phi) is 63.2. The van der Waals surface area contributed by atoms with Gasteiger partial charge in [0.15, 0.2) is 67.1 Å². The van der Waals surface area contributed by atoms with E-state index in [0.29, 0.717) is 4.57 Å². The van der Waals surface area contributed by atoms with Crippen molar-refractivity contribution >= 4 is 125 Å². The molecule has 0 radical (unpaired) electrons. The second kappa shape index (κ2) is 56.8. The first-order valence-corrected chi connectivity index (χ1v) is 47.5. The van der Waals surface area contributed by atoms with Crippen molar-refractivity contribution in [2.75, 3.05) is 27.2 Å². The first kappa shape index (κ1) is 135. The van der Waals surface area contributed by atoms with E-state index in [1.807, 2.05) is 18.7 Å². The molecule has 5 atom stereocenters. The SMILES string of the molecule is CC(O)(C[n+]1ccn(CC(O)(P(=O)(O)O)P(=O)(O)O)c1)P(=O)(O)O.COC(=O)CCl.COC(=O)Cn1cc[n+](CC(=O)OC)c1.C[Si](C)(C)n1ccnc1.O.O=C(O)C[n+]1ccn(CC(O)(P(=O)(O)O)P(=O)(O)O)c1.O=C(O)Cn1cc[n+](CC(=O)O)c1.O=P([O-])(O)C(O)Cn1cc[n+](CC(O)(P(=O)([O-])[O-])P(=O)([O-])O)c1.O=[P+]([O-])[O-].[Cl-].[Cl-].[Cl-].[Cl-].[Na+].[OH-]. The smallest absolute Gasteiger partial charge is 1.00 e. The van der Waals surface area contributed by atoms with Crippen LogP contribution in [0.1, 0.15) is 6.92 Å². The van der Waals surface area contributed by atoms with Crippen molar-refractivity contribution < 1.29 is 326 Å². The average Bonchev–Trinajstić information content (AvgIpc) is 1.69. The summed E-state index contributed by atoms with van der Waals surface area (Å²) in [5.41, 5.74) is 0. The molecule has 0 saturated heterocycles. The number of carboxylic acid groups (broad SMARTS) is 3. The van der Waals surface area contributed by atoms with Gasteiger partial charge in [-0.2, -0.15) is 0 Å². The van der Waals surface area contributed by atoms with Gasteiger partial charge in [0.2, 0.25) is 37.0 Å². The van der Waals surface area contributed by atoms with Gasteiger partial charge in [-0.05, 0) is 14.5 Å². The number of aliphatic hydroxyl groups excluding tert-OH is 1. The average molecular weight is 2060 g/mol. The number of nitrogens with zero attached hydrogens (tertiary/aromatic N) is 12. The molecule has 6 aromatic heterocycles. The number of hydrogen-bond acceptors (Lipinski definition) is 31. The molecule has 0 amide bonds. The molecule has 0 aliphatic rings. The van der Waals surface area contributed by atoms with E-state index in [-0.39, 0.29) is 134 Å². The van der Waals surface area contributed by atoms with Gasteiger partial charge in [-0.3, -0.25) is 27.6 Å². The van der Waals surface area contributed by atoms with Crippen molar-refractivity contribution in [1.29, 1.82) is 0 Å². The van der Waals surface area contributed by atoms with Gasteiger partial charge in [0.25, 0.3) is 8.25 Å². The van der Waals surface area contributed by atoms with Gasteiger partial charge < -0.3 is 222 Å². The zero-order valence-corrected chi connectivity index (χ0v) is 78.0. The Morgan fingerprint density at radius 3 is 1.09 bits per heavy atom. The van der Waals surface area contributed by atoms with Crippen LogP contribution in [0.2, 0.25) is 19.6 Å². The fourth-order valence-electron chi connectivity index (χ4n) is 7.25. The number of rotatable bonds is 30. The molecule has 698 valence electrons. The summed E-state index contributed by atoms with van der Waals surface area (Å²) in [6.07, 6.45) is 24.4. The minimum absolute atomic E-state index is 0. The third-order valence-corrected chi connectivity index (χ3v) is 28.5. The maximum Gasteiger partial charge on any atom is 1.00 e. The molecule has 6 rings (SSSR count). The van der Waals surface area contributed by atoms with Crippen LogP contribution in [0.25, 0.3) is 0 Å². The summed E-state index contributed by atoms with van der Waals surface area (Å²) in [5.74, 6) is -6.43. The molecule has 0 aliphatic heterocycles. The third kappa shape index (κ3) is 49.0. The number of esters is 3. The standard InChI is InChI=1S/C9H13N2O4.C8H17N2O11P3.C7H15N2O11P3.C7H12N2O9P2.C7H8N2O4.C6H12N2Si.C3H5ClO2.4ClH.Na.HO3P.2H2O/c1-14-8(12)5-10-3-4-11(7-10)6-9(13)15-2;1-7(11,22(13,14)15)4-9-2-3-10(6-9)5-8(12,23(16,17)18)24(19,20)21;10-6(21(12,13)14)3-8-1-2-9(5-8)4-7(11,22(15,16)17)23(18,19)20;10-6(11)3-8-1-2-9(5-8)4-7(12,19(13,14)15)20(16,17)18;10-6(11)3-8-1-2-9(5-8)4-7(12)13;1-9(2,3)8-5-4-7-6-8;1-6-3(5)2-4;;;;;;1-4(2)3;;/h3-4,7H,5-6H2,1-2H3;2-3,6,11-12H,4-5H2,1H3,(H5-,13,14,15,16,17,18,19,20,21);1-2,5-6,10-11H,3-4H2,(H5-,12,13,14,15,16,17,18,19,20);1-2,5,12H,3-4H2,(H4-,10,11,13,14,15,16,17,18);1-2,5H,3-4H2,(H-,10,11,12,13);4-6H,1-3H3;2H2,1H3;4*1H;;(H,1,2,3);2*1H2/q+1;;;;;;;;;;;+1;;;/p-6. The van der Waals surface area contributed by atoms with Crippen LogP contribution in [-0.4, -0.2) is 240 Å². The van der Waals surface area contributed by atoms with Crippen LogP contribution in [0.4, 0.5) is 0 Å². The van der Waals surface area contributed by atoms with E-state index in [1.54, 1.807) is 27.9 Å². The molecule has 23 N–H and O–H groups in total. The third-order valence-electron chi connectivity index (χ3n) is 13.2. The fourth-order valence-corrected chi connectivity index (χ4v) is 15.1. The molecule has 0 bridgehead atoms. The number of hydrogen-bond donors (Lipinski definition) is 20. The van der Waals surface area contributed by atoms with E-state index < -0.39 is 167 Å². The van der Waals surface area contributed by atoms with E-state index in [9.17, 15) is 105 Å². The maximum atomic E-state index is 11.3. The Hall–Kier alpha value is -4.31. The number of aliphatic carboxylic acids is 3. The molecule has 0 spiro atoms. The second-order valence-electron chi connectivity index (χ2n) is 23.5. The maximum absolute atomic E-state index is 11.3. The largest absolute Gasteiger partial charge is 1.00 e. The number of halogens is 5. The summed E-state index contributed by atoms with van der Waals surface area (Å²) in [5, 5.41) is 59.5. The van der Waals surface area contributed by atoms with Gasteiger partial charge in [0.05, 0.1) is 27.7 Å². The summed E-state index contributed by atoms with van der Waals surface area (Å²) >= 11 is 4.98. The summed E-state index contributed by atoms with van der Waals surface area (Å²) in [6.45, 7) is 2.16. The molecule has 0 saturated carbocycles. The molecule has 6 aromatic rings. The van der Waals surface area contributed by atoms with Crippen molar-refractivity contribution in [3.05, 3.63) is 112 Å². The number of methoxy groups -OCH3 is 3. The van der Waals surface area contributed by atoms with E-state index in [4.69, 9.17) is 105 Å². The van der Waals surface area contributed by atoms with E-state index >= 15 is 0 Å². The van der Waals surface area contributed by atoms with Crippen LogP contribution in [0, 0.1) is 0 Å². The first-order chi connectivity index (χ1) is 51.2. The zero-order chi connectivity index (χ0) is 89.8. The number of carboxylic acids is 3. The molecule has 5 unspecified atom stereocenters. The Balaban J connectivity index is -0.000000175. The van der Waals surface area contributed by atoms with Gasteiger partial charge in [0, 0.05) is 12.4 Å². The van der Waals surface area contributed by atoms with Crippen molar-refractivity contribution in [3.63, 3.8) is 0 Å². The molecule has 6 heterocycles. The Morgan fingerprint density at radius 2 is 0.818 bits per heavy atom. The number of carbonyl (C=O) groups excluding carboxylic acids is 3. The fraction of sp³-hybridized carbons (Fsp3) is 0.489. The monoisotopic (exact) mass is 2060 g/mol. The van der Waals surface area contributed by atoms with Crippen LogP contribution < -0.4 is 131 Å². The normalized spacial score (nSPS) is 13.5. The Bertz CT molecular complexity index is 4430. The quantitative estimate of drug-likeness (QED) is 0.00497. The van der Waals surface area contributed by atoms with E-state index in [1.165, 1.54) is 55.4 Å². The second-order valence-corrected chi connectivity index (χ2v) is 44.8. The molecular formula is C47H85Cl5N12NaO46P9Si-4. The predicted octanol–water partition coefficient (Wildman–Crippen LogP) is -27.3. The Labute approximate surface area is 736 Å². The van der Waals surface area contributed by atoms with Gasteiger partial charge in [-0.25, -0.2) is 74.6 Å². The van der Waals surface area contributed by atoms with Gasteiger partial charge in [-0.1, -0.05) is 24.2 Å².